The van der Waals surface area contributed by atoms with Crippen molar-refractivity contribution in [1.29, 1.82) is 0 Å². The number of thioether (sulfide) groups is 1. The normalized spacial score (nSPS) is 10.0. The Morgan fingerprint density at radius 2 is 2.27 bits per heavy atom. The molecule has 11 heavy (non-hydrogen) atoms. The number of hydrogen-bond donors (Lipinski definition) is 1. The molecule has 0 saturated carbocycles. The van der Waals surface area contributed by atoms with Crippen LogP contribution in [0.3, 0.4) is 0 Å². The van der Waals surface area contributed by atoms with Crippen molar-refractivity contribution in [3.05, 3.63) is 29.8 Å². The third-order valence-electron chi connectivity index (χ3n) is 1.39. The smallest absolute Gasteiger partial charge is 0.0682 e. The van der Waals surface area contributed by atoms with Crippen LogP contribution in [0.2, 0.25) is 0 Å². The van der Waals surface area contributed by atoms with Crippen molar-refractivity contribution < 1.29 is 5.11 Å². The summed E-state index contributed by atoms with van der Waals surface area (Å²) in [7, 11) is 0. The summed E-state index contributed by atoms with van der Waals surface area (Å²) in [5.41, 5.74) is 0.989. The molecule has 0 aliphatic heterocycles. The predicted octanol–water partition coefficient (Wildman–Crippen LogP) is 2.29. The predicted molar refractivity (Wildman–Crippen MR) is 48.8 cm³/mol. The lowest BCUT2D eigenvalue weighted by Crippen LogP contribution is -1.82. The second kappa shape index (κ2) is 4.42. The first-order chi connectivity index (χ1) is 5.36. The molecule has 0 aliphatic carbocycles. The van der Waals surface area contributed by atoms with E-state index in [0.717, 1.165) is 11.3 Å². The zero-order chi connectivity index (χ0) is 8.10. The van der Waals surface area contributed by atoms with E-state index in [0.29, 0.717) is 0 Å². The Labute approximate surface area is 71.4 Å². The summed E-state index contributed by atoms with van der Waals surface area (Å²) >= 11 is 1.79. The fourth-order valence-corrected chi connectivity index (χ4v) is 1.64. The molecule has 1 N–H and O–H groups in total. The van der Waals surface area contributed by atoms with E-state index in [2.05, 4.69) is 13.0 Å². The Morgan fingerprint density at radius 1 is 1.45 bits per heavy atom. The van der Waals surface area contributed by atoms with E-state index in [1.54, 1.807) is 11.8 Å². The molecule has 0 heterocycles. The van der Waals surface area contributed by atoms with Crippen molar-refractivity contribution in [3.63, 3.8) is 0 Å². The van der Waals surface area contributed by atoms with Gasteiger partial charge in [-0.1, -0.05) is 19.1 Å². The van der Waals surface area contributed by atoms with Crippen molar-refractivity contribution in [2.24, 2.45) is 0 Å². The van der Waals surface area contributed by atoms with Crippen LogP contribution >= 0.6 is 11.8 Å². The minimum atomic E-state index is 0.137. The SMILES string of the molecule is CCSc1cccc(CO)c1. The van der Waals surface area contributed by atoms with Crippen molar-refractivity contribution in [2.75, 3.05) is 5.75 Å². The summed E-state index contributed by atoms with van der Waals surface area (Å²) in [6, 6.07) is 7.99. The van der Waals surface area contributed by atoms with Gasteiger partial charge in [0, 0.05) is 4.90 Å². The number of hydrogen-bond acceptors (Lipinski definition) is 2. The third-order valence-corrected chi connectivity index (χ3v) is 2.27. The van der Waals surface area contributed by atoms with Gasteiger partial charge in [0.25, 0.3) is 0 Å². The van der Waals surface area contributed by atoms with E-state index in [9.17, 15) is 0 Å². The number of benzene rings is 1. The molecule has 0 spiro atoms. The lowest BCUT2D eigenvalue weighted by molar-refractivity contribution is 0.281. The fraction of sp³-hybridized carbons (Fsp3) is 0.333. The maximum Gasteiger partial charge on any atom is 0.0682 e. The number of aliphatic hydroxyl groups is 1. The highest BCUT2D eigenvalue weighted by molar-refractivity contribution is 7.99. The Bertz CT molecular complexity index is 223. The number of aliphatic hydroxyl groups excluding tert-OH is 1. The lowest BCUT2D eigenvalue weighted by Gasteiger charge is -1.99. The Hall–Kier alpha value is -0.470. The molecule has 1 nitrogen and oxygen atoms in total. The summed E-state index contributed by atoms with van der Waals surface area (Å²) in [5, 5.41) is 8.82. The van der Waals surface area contributed by atoms with Crippen molar-refractivity contribution >= 4 is 11.8 Å². The van der Waals surface area contributed by atoms with Crippen LogP contribution < -0.4 is 0 Å². The summed E-state index contributed by atoms with van der Waals surface area (Å²) in [5.74, 6) is 1.08. The van der Waals surface area contributed by atoms with Crippen LogP contribution in [0.5, 0.6) is 0 Å². The van der Waals surface area contributed by atoms with Gasteiger partial charge in [0.05, 0.1) is 6.61 Å². The first-order valence-electron chi connectivity index (χ1n) is 3.69. The Kier molecular flexibility index (Phi) is 3.46. The van der Waals surface area contributed by atoms with Gasteiger partial charge in [-0.05, 0) is 23.4 Å². The van der Waals surface area contributed by atoms with Crippen molar-refractivity contribution in [3.8, 4) is 0 Å². The highest BCUT2D eigenvalue weighted by atomic mass is 32.2. The minimum Gasteiger partial charge on any atom is -0.392 e. The van der Waals surface area contributed by atoms with Gasteiger partial charge >= 0.3 is 0 Å². The van der Waals surface area contributed by atoms with E-state index in [1.165, 1.54) is 4.90 Å². The van der Waals surface area contributed by atoms with Crippen LogP contribution in [-0.4, -0.2) is 10.9 Å². The molecule has 0 fully saturated rings. The van der Waals surface area contributed by atoms with Crippen LogP contribution in [0.4, 0.5) is 0 Å². The van der Waals surface area contributed by atoms with E-state index >= 15 is 0 Å². The largest absolute Gasteiger partial charge is 0.392 e. The minimum absolute atomic E-state index is 0.137. The van der Waals surface area contributed by atoms with Gasteiger partial charge in [-0.15, -0.1) is 11.8 Å². The van der Waals surface area contributed by atoms with Gasteiger partial charge in [-0.2, -0.15) is 0 Å². The maximum absolute atomic E-state index is 8.82. The molecule has 0 atom stereocenters. The van der Waals surface area contributed by atoms with E-state index in [1.807, 2.05) is 18.2 Å². The molecule has 0 amide bonds. The van der Waals surface area contributed by atoms with Crippen molar-refractivity contribution in [2.45, 2.75) is 18.4 Å². The standard InChI is InChI=1S/C9H12OS/c1-2-11-9-5-3-4-8(6-9)7-10/h3-6,10H,2,7H2,1H3. The molecular weight excluding hydrogens is 156 g/mol. The fourth-order valence-electron chi connectivity index (χ4n) is 0.900. The Balaban J connectivity index is 2.74. The van der Waals surface area contributed by atoms with Gasteiger partial charge in [-0.3, -0.25) is 0 Å². The quantitative estimate of drug-likeness (QED) is 0.699. The topological polar surface area (TPSA) is 20.2 Å². The first kappa shape index (κ1) is 8.62. The molecule has 1 rings (SSSR count). The molecule has 0 radical (unpaired) electrons. The number of rotatable bonds is 3. The zero-order valence-corrected chi connectivity index (χ0v) is 7.40. The van der Waals surface area contributed by atoms with Crippen LogP contribution in [0, 0.1) is 0 Å². The van der Waals surface area contributed by atoms with Crippen LogP contribution in [-0.2, 0) is 6.61 Å². The first-order valence-corrected chi connectivity index (χ1v) is 4.68. The summed E-state index contributed by atoms with van der Waals surface area (Å²) in [6.45, 7) is 2.26. The molecule has 0 aromatic heterocycles. The van der Waals surface area contributed by atoms with E-state index in [-0.39, 0.29) is 6.61 Å². The molecule has 0 bridgehead atoms. The zero-order valence-electron chi connectivity index (χ0n) is 6.58. The van der Waals surface area contributed by atoms with E-state index in [4.69, 9.17) is 5.11 Å². The third kappa shape index (κ3) is 2.56. The average molecular weight is 168 g/mol. The summed E-state index contributed by atoms with van der Waals surface area (Å²) in [6.07, 6.45) is 0. The van der Waals surface area contributed by atoms with Crippen LogP contribution in [0.15, 0.2) is 29.2 Å². The Morgan fingerprint density at radius 3 is 2.91 bits per heavy atom. The molecule has 2 heteroatoms. The highest BCUT2D eigenvalue weighted by Crippen LogP contribution is 2.18. The monoisotopic (exact) mass is 168 g/mol. The van der Waals surface area contributed by atoms with E-state index < -0.39 is 0 Å². The highest BCUT2D eigenvalue weighted by Gasteiger charge is 1.92. The summed E-state index contributed by atoms with van der Waals surface area (Å²) in [4.78, 5) is 1.24. The molecule has 1 aromatic carbocycles. The van der Waals surface area contributed by atoms with Crippen LogP contribution in [0.25, 0.3) is 0 Å². The maximum atomic E-state index is 8.82. The molecule has 0 unspecified atom stereocenters. The summed E-state index contributed by atoms with van der Waals surface area (Å²) < 4.78 is 0. The van der Waals surface area contributed by atoms with Crippen molar-refractivity contribution in [1.82, 2.24) is 0 Å². The lowest BCUT2D eigenvalue weighted by atomic mass is 10.2. The molecule has 1 aromatic rings. The molecule has 0 saturated heterocycles. The van der Waals surface area contributed by atoms with Crippen LogP contribution in [0.1, 0.15) is 12.5 Å². The van der Waals surface area contributed by atoms with Gasteiger partial charge < -0.3 is 5.11 Å². The molecule has 60 valence electrons. The average Bonchev–Trinajstić information content (AvgIpc) is 2.06. The van der Waals surface area contributed by atoms with Gasteiger partial charge in [-0.25, -0.2) is 0 Å². The van der Waals surface area contributed by atoms with Gasteiger partial charge in [0.1, 0.15) is 0 Å². The second-order valence-electron chi connectivity index (χ2n) is 2.24. The molecular formula is C9H12OS. The molecule has 0 aliphatic rings. The van der Waals surface area contributed by atoms with Gasteiger partial charge in [0.2, 0.25) is 0 Å². The second-order valence-corrected chi connectivity index (χ2v) is 3.58. The van der Waals surface area contributed by atoms with Gasteiger partial charge in [0.15, 0.2) is 0 Å².